The average Bonchev–Trinajstić information content (AvgIpc) is 2.45. The first-order valence-corrected chi connectivity index (χ1v) is 7.39. The van der Waals surface area contributed by atoms with Gasteiger partial charge in [-0.15, -0.1) is 0 Å². The smallest absolute Gasteiger partial charge is 0.272 e. The zero-order valence-corrected chi connectivity index (χ0v) is 13.3. The van der Waals surface area contributed by atoms with E-state index >= 15 is 0 Å². The number of hydrogen-bond donors (Lipinski definition) is 0. The zero-order valence-electron chi connectivity index (χ0n) is 13.3. The molecular formula is C15H26N4O. The van der Waals surface area contributed by atoms with Gasteiger partial charge in [0, 0.05) is 32.4 Å². The first kappa shape index (κ1) is 16.4. The van der Waals surface area contributed by atoms with Crippen molar-refractivity contribution < 1.29 is 4.79 Å². The van der Waals surface area contributed by atoms with Crippen molar-refractivity contribution in [1.82, 2.24) is 14.9 Å². The van der Waals surface area contributed by atoms with Crippen LogP contribution in [0.4, 0.5) is 5.95 Å². The summed E-state index contributed by atoms with van der Waals surface area (Å²) in [5, 5.41) is 0. The number of unbranched alkanes of at least 4 members (excludes halogenated alkanes) is 1. The number of carbonyl (C=O) groups is 1. The number of carbonyl (C=O) groups excluding carboxylic acids is 1. The molecule has 0 aliphatic rings. The van der Waals surface area contributed by atoms with E-state index in [2.05, 4.69) is 16.9 Å². The Balaban J connectivity index is 2.99. The van der Waals surface area contributed by atoms with Gasteiger partial charge in [0.05, 0.1) is 0 Å². The van der Waals surface area contributed by atoms with Crippen LogP contribution in [-0.4, -0.2) is 47.5 Å². The molecule has 0 bridgehead atoms. The fraction of sp³-hybridized carbons (Fsp3) is 0.667. The highest BCUT2D eigenvalue weighted by Crippen LogP contribution is 2.11. The summed E-state index contributed by atoms with van der Waals surface area (Å²) in [6, 6.07) is 1.76. The first-order valence-electron chi connectivity index (χ1n) is 7.39. The third-order valence-electron chi connectivity index (χ3n) is 3.30. The van der Waals surface area contributed by atoms with Gasteiger partial charge >= 0.3 is 0 Å². The van der Waals surface area contributed by atoms with E-state index in [4.69, 9.17) is 0 Å². The Morgan fingerprint density at radius 2 is 1.85 bits per heavy atom. The Labute approximate surface area is 122 Å². The van der Waals surface area contributed by atoms with Crippen LogP contribution >= 0.6 is 0 Å². The summed E-state index contributed by atoms with van der Waals surface area (Å²) < 4.78 is 0. The van der Waals surface area contributed by atoms with E-state index in [0.717, 1.165) is 25.1 Å². The summed E-state index contributed by atoms with van der Waals surface area (Å²) >= 11 is 0. The molecule has 0 aliphatic carbocycles. The molecule has 20 heavy (non-hydrogen) atoms. The second kappa shape index (κ2) is 7.82. The molecule has 1 heterocycles. The van der Waals surface area contributed by atoms with Crippen molar-refractivity contribution in [2.24, 2.45) is 0 Å². The third-order valence-corrected chi connectivity index (χ3v) is 3.30. The molecule has 0 radical (unpaired) electrons. The van der Waals surface area contributed by atoms with Crippen molar-refractivity contribution in [2.45, 2.75) is 40.5 Å². The molecule has 0 N–H and O–H groups in total. The first-order chi connectivity index (χ1) is 9.53. The minimum atomic E-state index is -0.0226. The predicted molar refractivity (Wildman–Crippen MR) is 82.2 cm³/mol. The van der Waals surface area contributed by atoms with E-state index in [1.807, 2.05) is 32.7 Å². The molecule has 0 saturated heterocycles. The van der Waals surface area contributed by atoms with E-state index in [1.165, 1.54) is 0 Å². The van der Waals surface area contributed by atoms with Crippen LogP contribution in [0, 0.1) is 6.92 Å². The number of aryl methyl sites for hydroxylation is 1. The van der Waals surface area contributed by atoms with E-state index in [-0.39, 0.29) is 5.91 Å². The molecule has 0 unspecified atom stereocenters. The van der Waals surface area contributed by atoms with Crippen LogP contribution in [0.2, 0.25) is 0 Å². The lowest BCUT2D eigenvalue weighted by atomic mass is 10.3. The lowest BCUT2D eigenvalue weighted by molar-refractivity contribution is 0.0767. The fourth-order valence-corrected chi connectivity index (χ4v) is 2.00. The Morgan fingerprint density at radius 1 is 1.20 bits per heavy atom. The second-order valence-corrected chi connectivity index (χ2v) is 4.95. The molecule has 112 valence electrons. The van der Waals surface area contributed by atoms with Crippen molar-refractivity contribution in [1.29, 1.82) is 0 Å². The molecule has 0 aliphatic heterocycles. The normalized spacial score (nSPS) is 10.4. The summed E-state index contributed by atoms with van der Waals surface area (Å²) in [6.07, 6.45) is 2.22. The van der Waals surface area contributed by atoms with Crippen molar-refractivity contribution in [3.8, 4) is 0 Å². The number of rotatable bonds is 7. The van der Waals surface area contributed by atoms with Gasteiger partial charge in [-0.1, -0.05) is 13.3 Å². The summed E-state index contributed by atoms with van der Waals surface area (Å²) in [6.45, 7) is 10.3. The van der Waals surface area contributed by atoms with Crippen molar-refractivity contribution in [2.75, 3.05) is 31.6 Å². The van der Waals surface area contributed by atoms with Crippen LogP contribution in [-0.2, 0) is 0 Å². The molecule has 0 atom stereocenters. The standard InChI is InChI=1S/C15H26N4O/c1-6-9-10-18(5)15-16-12(4)11-13(17-15)14(20)19(7-2)8-3/h11H,6-10H2,1-5H3. The van der Waals surface area contributed by atoms with E-state index in [9.17, 15) is 4.79 Å². The summed E-state index contributed by atoms with van der Waals surface area (Å²) in [7, 11) is 1.97. The molecule has 1 rings (SSSR count). The van der Waals surface area contributed by atoms with Crippen LogP contribution in [0.15, 0.2) is 6.07 Å². The van der Waals surface area contributed by atoms with Crippen molar-refractivity contribution in [3.05, 3.63) is 17.5 Å². The monoisotopic (exact) mass is 278 g/mol. The zero-order chi connectivity index (χ0) is 15.1. The van der Waals surface area contributed by atoms with E-state index in [1.54, 1.807) is 11.0 Å². The number of amides is 1. The summed E-state index contributed by atoms with van der Waals surface area (Å²) in [5.41, 5.74) is 1.31. The van der Waals surface area contributed by atoms with Gasteiger partial charge in [-0.3, -0.25) is 4.79 Å². The number of nitrogens with zero attached hydrogens (tertiary/aromatic N) is 4. The molecule has 1 amide bonds. The van der Waals surface area contributed by atoms with Crippen molar-refractivity contribution in [3.63, 3.8) is 0 Å². The van der Waals surface area contributed by atoms with Crippen LogP contribution in [0.1, 0.15) is 49.8 Å². The quantitative estimate of drug-likeness (QED) is 0.769. The van der Waals surface area contributed by atoms with Crippen LogP contribution in [0.5, 0.6) is 0 Å². The van der Waals surface area contributed by atoms with Gasteiger partial charge in [-0.05, 0) is 33.3 Å². The highest BCUT2D eigenvalue weighted by atomic mass is 16.2. The number of aromatic nitrogens is 2. The summed E-state index contributed by atoms with van der Waals surface area (Å²) in [4.78, 5) is 25.0. The minimum absolute atomic E-state index is 0.0226. The molecule has 0 saturated carbocycles. The van der Waals surface area contributed by atoms with E-state index in [0.29, 0.717) is 24.7 Å². The molecule has 0 aromatic carbocycles. The average molecular weight is 278 g/mol. The van der Waals surface area contributed by atoms with Gasteiger partial charge in [0.25, 0.3) is 5.91 Å². The maximum absolute atomic E-state index is 12.4. The van der Waals surface area contributed by atoms with Gasteiger partial charge in [-0.25, -0.2) is 9.97 Å². The van der Waals surface area contributed by atoms with Crippen LogP contribution in [0.25, 0.3) is 0 Å². The molecular weight excluding hydrogens is 252 g/mol. The SMILES string of the molecule is CCCCN(C)c1nc(C)cc(C(=O)N(CC)CC)n1. The maximum Gasteiger partial charge on any atom is 0.272 e. The summed E-state index contributed by atoms with van der Waals surface area (Å²) in [5.74, 6) is 0.611. The minimum Gasteiger partial charge on any atom is -0.344 e. The highest BCUT2D eigenvalue weighted by Gasteiger charge is 2.16. The Morgan fingerprint density at radius 3 is 2.40 bits per heavy atom. The molecule has 5 heteroatoms. The van der Waals surface area contributed by atoms with Gasteiger partial charge in [0.2, 0.25) is 5.95 Å². The van der Waals surface area contributed by atoms with Crippen LogP contribution in [0.3, 0.4) is 0 Å². The topological polar surface area (TPSA) is 49.3 Å². The molecule has 0 fully saturated rings. The Hall–Kier alpha value is -1.65. The molecule has 5 nitrogen and oxygen atoms in total. The number of hydrogen-bond acceptors (Lipinski definition) is 4. The Kier molecular flexibility index (Phi) is 6.42. The fourth-order valence-electron chi connectivity index (χ4n) is 2.00. The lowest BCUT2D eigenvalue weighted by Crippen LogP contribution is -2.32. The lowest BCUT2D eigenvalue weighted by Gasteiger charge is -2.21. The second-order valence-electron chi connectivity index (χ2n) is 4.95. The van der Waals surface area contributed by atoms with Crippen LogP contribution < -0.4 is 4.90 Å². The third kappa shape index (κ3) is 4.18. The maximum atomic E-state index is 12.4. The molecule has 0 spiro atoms. The van der Waals surface area contributed by atoms with Gasteiger partial charge in [0.1, 0.15) is 5.69 Å². The number of anilines is 1. The largest absolute Gasteiger partial charge is 0.344 e. The van der Waals surface area contributed by atoms with Gasteiger partial charge < -0.3 is 9.80 Å². The Bertz CT molecular complexity index is 443. The molecule has 1 aromatic rings. The molecule has 1 aromatic heterocycles. The highest BCUT2D eigenvalue weighted by molar-refractivity contribution is 5.92. The van der Waals surface area contributed by atoms with Crippen molar-refractivity contribution >= 4 is 11.9 Å². The predicted octanol–water partition coefficient (Wildman–Crippen LogP) is 2.50. The van der Waals surface area contributed by atoms with Gasteiger partial charge in [0.15, 0.2) is 0 Å². The van der Waals surface area contributed by atoms with E-state index < -0.39 is 0 Å². The van der Waals surface area contributed by atoms with Gasteiger partial charge in [-0.2, -0.15) is 0 Å².